The second-order valence-corrected chi connectivity index (χ2v) is 3.57. The molecule has 14 heavy (non-hydrogen) atoms. The number of halogens is 3. The molecular formula is C10H9F3O. The summed E-state index contributed by atoms with van der Waals surface area (Å²) in [7, 11) is 0. The fourth-order valence-corrected chi connectivity index (χ4v) is 1.52. The van der Waals surface area contributed by atoms with E-state index in [0.29, 0.717) is 12.8 Å². The van der Waals surface area contributed by atoms with Crippen LogP contribution in [-0.2, 0) is 11.8 Å². The zero-order chi connectivity index (χ0) is 10.4. The first-order valence-electron chi connectivity index (χ1n) is 4.33. The van der Waals surface area contributed by atoms with Crippen LogP contribution >= 0.6 is 0 Å². The molecule has 0 atom stereocenters. The van der Waals surface area contributed by atoms with Gasteiger partial charge in [0.05, 0.1) is 11.2 Å². The van der Waals surface area contributed by atoms with E-state index in [1.807, 2.05) is 0 Å². The molecule has 0 saturated heterocycles. The first-order chi connectivity index (χ1) is 6.43. The lowest BCUT2D eigenvalue weighted by molar-refractivity contribution is -0.139. The van der Waals surface area contributed by atoms with E-state index in [1.165, 1.54) is 18.2 Å². The summed E-state index contributed by atoms with van der Waals surface area (Å²) in [6, 6.07) is 5.19. The summed E-state index contributed by atoms with van der Waals surface area (Å²) < 4.78 is 37.5. The maximum absolute atomic E-state index is 12.5. The lowest BCUT2D eigenvalue weighted by atomic mass is 10.0. The smallest absolute Gasteiger partial charge is 0.385 e. The van der Waals surface area contributed by atoms with Crippen molar-refractivity contribution in [3.63, 3.8) is 0 Å². The first-order valence-corrected chi connectivity index (χ1v) is 4.33. The van der Waals surface area contributed by atoms with Crippen LogP contribution in [0.2, 0.25) is 0 Å². The van der Waals surface area contributed by atoms with Crippen LogP contribution < -0.4 is 0 Å². The number of hydrogen-bond acceptors (Lipinski definition) is 1. The van der Waals surface area contributed by atoms with Crippen molar-refractivity contribution in [2.24, 2.45) is 0 Å². The molecule has 1 aliphatic carbocycles. The van der Waals surface area contributed by atoms with Crippen LogP contribution in [0.3, 0.4) is 0 Å². The van der Waals surface area contributed by atoms with Gasteiger partial charge in [-0.15, -0.1) is 0 Å². The zero-order valence-electron chi connectivity index (χ0n) is 7.30. The van der Waals surface area contributed by atoms with Gasteiger partial charge in [0.2, 0.25) is 0 Å². The average molecular weight is 202 g/mol. The Bertz CT molecular complexity index is 328. The van der Waals surface area contributed by atoms with Gasteiger partial charge in [-0.3, -0.25) is 0 Å². The quantitative estimate of drug-likeness (QED) is 0.742. The summed E-state index contributed by atoms with van der Waals surface area (Å²) in [6.45, 7) is 0. The minimum Gasteiger partial charge on any atom is -0.385 e. The number of alkyl halides is 3. The summed E-state index contributed by atoms with van der Waals surface area (Å²) in [5, 5.41) is 9.64. The maximum atomic E-state index is 12.5. The molecule has 0 radical (unpaired) electrons. The second kappa shape index (κ2) is 2.73. The molecule has 1 aromatic rings. The van der Waals surface area contributed by atoms with Crippen molar-refractivity contribution in [1.82, 2.24) is 0 Å². The molecule has 1 saturated carbocycles. The third-order valence-corrected chi connectivity index (χ3v) is 2.46. The van der Waals surface area contributed by atoms with Crippen molar-refractivity contribution in [3.05, 3.63) is 35.4 Å². The normalized spacial score (nSPS) is 19.4. The van der Waals surface area contributed by atoms with E-state index in [1.54, 1.807) is 0 Å². The van der Waals surface area contributed by atoms with E-state index >= 15 is 0 Å². The summed E-state index contributed by atoms with van der Waals surface area (Å²) in [6.07, 6.45) is -3.55. The minimum atomic E-state index is -4.38. The molecule has 0 bridgehead atoms. The van der Waals surface area contributed by atoms with Crippen LogP contribution in [0.4, 0.5) is 13.2 Å². The van der Waals surface area contributed by atoms with E-state index in [-0.39, 0.29) is 5.56 Å². The highest BCUT2D eigenvalue weighted by molar-refractivity contribution is 5.37. The van der Waals surface area contributed by atoms with Gasteiger partial charge in [-0.05, 0) is 24.5 Å². The van der Waals surface area contributed by atoms with Gasteiger partial charge in [0, 0.05) is 0 Å². The molecular weight excluding hydrogens is 193 g/mol. The number of rotatable bonds is 1. The number of hydrogen-bond donors (Lipinski definition) is 1. The van der Waals surface area contributed by atoms with E-state index in [2.05, 4.69) is 0 Å². The minimum absolute atomic E-state index is 0.00694. The summed E-state index contributed by atoms with van der Waals surface area (Å²) in [4.78, 5) is 0. The molecule has 0 unspecified atom stereocenters. The Labute approximate surface area is 79.2 Å². The molecule has 4 heteroatoms. The predicted octanol–water partition coefficient (Wildman–Crippen LogP) is 2.69. The van der Waals surface area contributed by atoms with Gasteiger partial charge in [0.25, 0.3) is 0 Å². The van der Waals surface area contributed by atoms with Gasteiger partial charge in [-0.2, -0.15) is 13.2 Å². The van der Waals surface area contributed by atoms with Crippen molar-refractivity contribution >= 4 is 0 Å². The molecule has 1 nitrogen and oxygen atoms in total. The monoisotopic (exact) mass is 202 g/mol. The predicted molar refractivity (Wildman–Crippen MR) is 44.6 cm³/mol. The molecule has 0 spiro atoms. The van der Waals surface area contributed by atoms with Gasteiger partial charge < -0.3 is 5.11 Å². The second-order valence-electron chi connectivity index (χ2n) is 3.57. The molecule has 0 aromatic heterocycles. The van der Waals surface area contributed by atoms with Crippen LogP contribution in [0.25, 0.3) is 0 Å². The van der Waals surface area contributed by atoms with Gasteiger partial charge in [0.1, 0.15) is 0 Å². The van der Waals surface area contributed by atoms with Crippen LogP contribution in [-0.4, -0.2) is 5.11 Å². The van der Waals surface area contributed by atoms with Crippen molar-refractivity contribution in [2.75, 3.05) is 0 Å². The Morgan fingerprint density at radius 3 is 2.21 bits per heavy atom. The maximum Gasteiger partial charge on any atom is 0.416 e. The molecule has 1 fully saturated rings. The van der Waals surface area contributed by atoms with Crippen LogP contribution in [0, 0.1) is 0 Å². The van der Waals surface area contributed by atoms with Crippen LogP contribution in [0.15, 0.2) is 24.3 Å². The lowest BCUT2D eigenvalue weighted by Crippen LogP contribution is -2.15. The Kier molecular flexibility index (Phi) is 1.86. The highest BCUT2D eigenvalue weighted by atomic mass is 19.4. The lowest BCUT2D eigenvalue weighted by Gasteiger charge is -2.16. The highest BCUT2D eigenvalue weighted by Crippen LogP contribution is 2.49. The Balaban J connectivity index is 2.50. The highest BCUT2D eigenvalue weighted by Gasteiger charge is 2.47. The number of aliphatic hydroxyl groups is 1. The molecule has 0 heterocycles. The molecule has 0 amide bonds. The SMILES string of the molecule is OC1(c2ccccc2C(F)(F)F)CC1. The zero-order valence-corrected chi connectivity index (χ0v) is 7.30. The van der Waals surface area contributed by atoms with Crippen molar-refractivity contribution in [3.8, 4) is 0 Å². The topological polar surface area (TPSA) is 20.2 Å². The van der Waals surface area contributed by atoms with E-state index in [4.69, 9.17) is 0 Å². The Morgan fingerprint density at radius 2 is 1.71 bits per heavy atom. The third kappa shape index (κ3) is 1.50. The number of benzene rings is 1. The molecule has 1 aliphatic rings. The molecule has 76 valence electrons. The fourth-order valence-electron chi connectivity index (χ4n) is 1.52. The first kappa shape index (κ1) is 9.52. The van der Waals surface area contributed by atoms with Gasteiger partial charge in [0.15, 0.2) is 0 Å². The Hall–Kier alpha value is -1.03. The molecule has 1 aromatic carbocycles. The van der Waals surface area contributed by atoms with Crippen molar-refractivity contribution < 1.29 is 18.3 Å². The van der Waals surface area contributed by atoms with Crippen molar-refractivity contribution in [2.45, 2.75) is 24.6 Å². The molecule has 2 rings (SSSR count). The van der Waals surface area contributed by atoms with Crippen LogP contribution in [0.5, 0.6) is 0 Å². The van der Waals surface area contributed by atoms with Gasteiger partial charge in [-0.1, -0.05) is 18.2 Å². The third-order valence-electron chi connectivity index (χ3n) is 2.46. The largest absolute Gasteiger partial charge is 0.416 e. The summed E-state index contributed by atoms with van der Waals surface area (Å²) in [5.41, 5.74) is -1.95. The standard InChI is InChI=1S/C10H9F3O/c11-10(12,13)8-4-2-1-3-7(8)9(14)5-6-9/h1-4,14H,5-6H2. The van der Waals surface area contributed by atoms with Gasteiger partial charge >= 0.3 is 6.18 Å². The fraction of sp³-hybridized carbons (Fsp3) is 0.400. The van der Waals surface area contributed by atoms with Crippen molar-refractivity contribution in [1.29, 1.82) is 0 Å². The van der Waals surface area contributed by atoms with E-state index in [0.717, 1.165) is 6.07 Å². The van der Waals surface area contributed by atoms with E-state index in [9.17, 15) is 18.3 Å². The average Bonchev–Trinajstić information content (AvgIpc) is 2.84. The Morgan fingerprint density at radius 1 is 1.14 bits per heavy atom. The summed E-state index contributed by atoms with van der Waals surface area (Å²) in [5.74, 6) is 0. The summed E-state index contributed by atoms with van der Waals surface area (Å²) >= 11 is 0. The van der Waals surface area contributed by atoms with Gasteiger partial charge in [-0.25, -0.2) is 0 Å². The molecule has 0 aliphatic heterocycles. The van der Waals surface area contributed by atoms with Crippen LogP contribution in [0.1, 0.15) is 24.0 Å². The van der Waals surface area contributed by atoms with E-state index < -0.39 is 17.3 Å². The molecule has 1 N–H and O–H groups in total.